The molecular formula is C17H20N8. The van der Waals surface area contributed by atoms with Crippen molar-refractivity contribution in [1.82, 2.24) is 39.9 Å². The van der Waals surface area contributed by atoms with Gasteiger partial charge in [-0.25, -0.2) is 19.9 Å². The summed E-state index contributed by atoms with van der Waals surface area (Å²) in [5.74, 6) is 3.80. The minimum Gasteiger partial charge on any atom is -0.349 e. The second-order valence-corrected chi connectivity index (χ2v) is 6.35. The normalized spacial score (nSPS) is 11.8. The van der Waals surface area contributed by atoms with Crippen LogP contribution in [0.2, 0.25) is 0 Å². The Balaban J connectivity index is 1.70. The van der Waals surface area contributed by atoms with Crippen molar-refractivity contribution >= 4 is 0 Å². The fourth-order valence-electron chi connectivity index (χ4n) is 3.37. The summed E-state index contributed by atoms with van der Waals surface area (Å²) in [5.41, 5.74) is -0.175. The van der Waals surface area contributed by atoms with Gasteiger partial charge in [0.05, 0.1) is 0 Å². The number of hydrogen-bond acceptors (Lipinski definition) is 4. The predicted octanol–water partition coefficient (Wildman–Crippen LogP) is 1.84. The molecule has 4 rings (SSSR count). The topological polar surface area (TPSA) is 115 Å². The Kier molecular flexibility index (Phi) is 4.16. The first kappa shape index (κ1) is 15.4. The van der Waals surface area contributed by atoms with E-state index in [0.717, 1.165) is 49.0 Å². The van der Waals surface area contributed by atoms with Gasteiger partial charge in [-0.1, -0.05) is 0 Å². The van der Waals surface area contributed by atoms with E-state index in [1.165, 1.54) is 0 Å². The van der Waals surface area contributed by atoms with Gasteiger partial charge in [-0.3, -0.25) is 0 Å². The quantitative estimate of drug-likeness (QED) is 0.393. The van der Waals surface area contributed by atoms with Crippen LogP contribution in [0.15, 0.2) is 49.6 Å². The molecule has 0 spiro atoms. The first-order valence-electron chi connectivity index (χ1n) is 8.24. The number of rotatable bonds is 8. The summed E-state index contributed by atoms with van der Waals surface area (Å²) < 4.78 is 0. The van der Waals surface area contributed by atoms with Crippen LogP contribution in [0.3, 0.4) is 0 Å². The lowest BCUT2D eigenvalue weighted by Crippen LogP contribution is -2.34. The van der Waals surface area contributed by atoms with Crippen LogP contribution in [-0.4, -0.2) is 39.9 Å². The van der Waals surface area contributed by atoms with Gasteiger partial charge in [-0.05, 0) is 5.41 Å². The summed E-state index contributed by atoms with van der Waals surface area (Å²) in [6.07, 6.45) is 17.6. The van der Waals surface area contributed by atoms with Gasteiger partial charge in [-0.15, -0.1) is 0 Å². The summed E-state index contributed by atoms with van der Waals surface area (Å²) in [6.45, 7) is 0. The van der Waals surface area contributed by atoms with Crippen molar-refractivity contribution in [3.05, 3.63) is 72.9 Å². The van der Waals surface area contributed by atoms with E-state index in [4.69, 9.17) is 0 Å². The largest absolute Gasteiger partial charge is 0.349 e. The van der Waals surface area contributed by atoms with Crippen LogP contribution in [0.4, 0.5) is 0 Å². The molecule has 4 heterocycles. The van der Waals surface area contributed by atoms with Crippen LogP contribution in [0.25, 0.3) is 0 Å². The average molecular weight is 336 g/mol. The Morgan fingerprint density at radius 2 is 0.800 bits per heavy atom. The maximum Gasteiger partial charge on any atom is 0.106 e. The number of nitrogens with zero attached hydrogens (tertiary/aromatic N) is 4. The summed E-state index contributed by atoms with van der Waals surface area (Å²) in [5, 5.41) is 0. The standard InChI is InChI=1S/C17H20N8/c1-2-19-13(18-1)9-17(10-14-20-3-4-21-14,11-15-22-5-6-23-15)12-16-24-7-8-25-16/h1-8H,9-12H2,(H,18,19)(H,20,21)(H,22,23)(H,24,25). The summed E-state index contributed by atoms with van der Waals surface area (Å²) in [4.78, 5) is 30.7. The van der Waals surface area contributed by atoms with E-state index in [2.05, 4.69) is 39.9 Å². The van der Waals surface area contributed by atoms with E-state index >= 15 is 0 Å². The van der Waals surface area contributed by atoms with Gasteiger partial charge < -0.3 is 19.9 Å². The average Bonchev–Trinajstić information content (AvgIpc) is 3.37. The lowest BCUT2D eigenvalue weighted by atomic mass is 9.74. The van der Waals surface area contributed by atoms with Crippen LogP contribution in [0.1, 0.15) is 23.3 Å². The third kappa shape index (κ3) is 3.68. The molecule has 4 aromatic heterocycles. The maximum absolute atomic E-state index is 4.44. The number of hydrogen-bond donors (Lipinski definition) is 4. The molecule has 0 fully saturated rings. The molecule has 8 heteroatoms. The molecule has 0 amide bonds. The highest BCUT2D eigenvalue weighted by atomic mass is 14.9. The molecule has 0 saturated carbocycles. The number of imidazole rings is 4. The van der Waals surface area contributed by atoms with Crippen molar-refractivity contribution in [2.24, 2.45) is 5.41 Å². The van der Waals surface area contributed by atoms with Gasteiger partial charge >= 0.3 is 0 Å². The first-order chi connectivity index (χ1) is 12.3. The fourth-order valence-corrected chi connectivity index (χ4v) is 3.37. The molecule has 0 aliphatic heterocycles. The van der Waals surface area contributed by atoms with Gasteiger partial charge in [0.1, 0.15) is 23.3 Å². The van der Waals surface area contributed by atoms with Crippen LogP contribution in [0.5, 0.6) is 0 Å². The zero-order chi connectivity index (χ0) is 17.0. The highest BCUT2D eigenvalue weighted by Crippen LogP contribution is 2.33. The van der Waals surface area contributed by atoms with Crippen LogP contribution in [0, 0.1) is 5.41 Å². The monoisotopic (exact) mass is 336 g/mol. The predicted molar refractivity (Wildman–Crippen MR) is 91.6 cm³/mol. The Morgan fingerprint density at radius 3 is 1.00 bits per heavy atom. The molecule has 0 aliphatic carbocycles. The van der Waals surface area contributed by atoms with Gasteiger partial charge in [0.25, 0.3) is 0 Å². The summed E-state index contributed by atoms with van der Waals surface area (Å²) in [6, 6.07) is 0. The third-order valence-electron chi connectivity index (χ3n) is 4.39. The van der Waals surface area contributed by atoms with E-state index in [-0.39, 0.29) is 5.41 Å². The number of H-pyrrole nitrogens is 4. The van der Waals surface area contributed by atoms with Crippen LogP contribution < -0.4 is 0 Å². The van der Waals surface area contributed by atoms with E-state index in [1.54, 1.807) is 24.8 Å². The van der Waals surface area contributed by atoms with Crippen molar-refractivity contribution in [3.8, 4) is 0 Å². The fraction of sp³-hybridized carbons (Fsp3) is 0.294. The van der Waals surface area contributed by atoms with Gasteiger partial charge in [0.2, 0.25) is 0 Å². The molecule has 4 N–H and O–H groups in total. The lowest BCUT2D eigenvalue weighted by molar-refractivity contribution is 0.255. The zero-order valence-corrected chi connectivity index (χ0v) is 13.7. The SMILES string of the molecule is c1c[nH]c(CC(Cc2ncc[nH]2)(Cc2ncc[nH]2)Cc2ncc[nH]2)n1. The molecule has 0 aromatic carbocycles. The van der Waals surface area contributed by atoms with Crippen molar-refractivity contribution in [1.29, 1.82) is 0 Å². The number of aromatic amines is 4. The summed E-state index contributed by atoms with van der Waals surface area (Å²) in [7, 11) is 0. The maximum atomic E-state index is 4.44. The molecule has 0 unspecified atom stereocenters. The Hall–Kier alpha value is -3.16. The van der Waals surface area contributed by atoms with Crippen molar-refractivity contribution in [2.45, 2.75) is 25.7 Å². The Bertz CT molecular complexity index is 694. The van der Waals surface area contributed by atoms with Crippen LogP contribution >= 0.6 is 0 Å². The minimum atomic E-state index is -0.175. The van der Waals surface area contributed by atoms with E-state index in [9.17, 15) is 0 Å². The summed E-state index contributed by atoms with van der Waals surface area (Å²) >= 11 is 0. The zero-order valence-electron chi connectivity index (χ0n) is 13.7. The van der Waals surface area contributed by atoms with Crippen LogP contribution in [-0.2, 0) is 25.7 Å². The third-order valence-corrected chi connectivity index (χ3v) is 4.39. The molecule has 25 heavy (non-hydrogen) atoms. The van der Waals surface area contributed by atoms with Crippen molar-refractivity contribution in [2.75, 3.05) is 0 Å². The molecule has 0 aliphatic rings. The molecule has 0 atom stereocenters. The van der Waals surface area contributed by atoms with E-state index < -0.39 is 0 Å². The van der Waals surface area contributed by atoms with E-state index in [0.29, 0.717) is 0 Å². The van der Waals surface area contributed by atoms with Crippen molar-refractivity contribution < 1.29 is 0 Å². The highest BCUT2D eigenvalue weighted by molar-refractivity contribution is 5.09. The van der Waals surface area contributed by atoms with E-state index in [1.807, 2.05) is 24.8 Å². The van der Waals surface area contributed by atoms with Gasteiger partial charge in [-0.2, -0.15) is 0 Å². The molecule has 128 valence electrons. The number of aromatic nitrogens is 8. The smallest absolute Gasteiger partial charge is 0.106 e. The molecule has 0 bridgehead atoms. The molecule has 0 saturated heterocycles. The first-order valence-corrected chi connectivity index (χ1v) is 8.24. The second-order valence-electron chi connectivity index (χ2n) is 6.35. The van der Waals surface area contributed by atoms with Crippen molar-refractivity contribution in [3.63, 3.8) is 0 Å². The number of nitrogens with one attached hydrogen (secondary N) is 4. The van der Waals surface area contributed by atoms with Gasteiger partial charge in [0, 0.05) is 75.3 Å². The minimum absolute atomic E-state index is 0.175. The molecule has 4 aromatic rings. The molecule has 8 nitrogen and oxygen atoms in total. The Labute approximate surface area is 144 Å². The second kappa shape index (κ2) is 6.76. The Morgan fingerprint density at radius 1 is 0.520 bits per heavy atom. The molecule has 0 radical (unpaired) electrons. The molecular weight excluding hydrogens is 316 g/mol. The lowest BCUT2D eigenvalue weighted by Gasteiger charge is -2.31. The highest BCUT2D eigenvalue weighted by Gasteiger charge is 2.35. The van der Waals surface area contributed by atoms with Gasteiger partial charge in [0.15, 0.2) is 0 Å².